The minimum atomic E-state index is -0.614. The topological polar surface area (TPSA) is 46.3 Å². The molecule has 2 rings (SSSR count). The highest BCUT2D eigenvalue weighted by Gasteiger charge is 2.28. The Morgan fingerprint density at radius 2 is 2.12 bits per heavy atom. The third kappa shape index (κ3) is 1.90. The quantitative estimate of drug-likeness (QED) is 0.787. The SMILES string of the molecule is NC1CCCN(c2cc(F)ccc2F)C1=O. The van der Waals surface area contributed by atoms with Crippen LogP contribution in [-0.2, 0) is 4.79 Å². The molecule has 1 atom stereocenters. The second-order valence-corrected chi connectivity index (χ2v) is 3.83. The highest BCUT2D eigenvalue weighted by Crippen LogP contribution is 2.24. The molecule has 1 saturated heterocycles. The summed E-state index contributed by atoms with van der Waals surface area (Å²) >= 11 is 0. The molecule has 0 aromatic heterocycles. The fourth-order valence-corrected chi connectivity index (χ4v) is 1.83. The third-order valence-corrected chi connectivity index (χ3v) is 2.68. The minimum Gasteiger partial charge on any atom is -0.320 e. The average molecular weight is 226 g/mol. The third-order valence-electron chi connectivity index (χ3n) is 2.68. The van der Waals surface area contributed by atoms with E-state index >= 15 is 0 Å². The van der Waals surface area contributed by atoms with Crippen LogP contribution in [0.2, 0.25) is 0 Å². The fourth-order valence-electron chi connectivity index (χ4n) is 1.83. The van der Waals surface area contributed by atoms with Crippen molar-refractivity contribution in [1.82, 2.24) is 0 Å². The molecule has 86 valence electrons. The Hall–Kier alpha value is -1.49. The fraction of sp³-hybridized carbons (Fsp3) is 0.364. The van der Waals surface area contributed by atoms with Gasteiger partial charge >= 0.3 is 0 Å². The summed E-state index contributed by atoms with van der Waals surface area (Å²) in [6.07, 6.45) is 1.29. The first kappa shape index (κ1) is 11.0. The molecular weight excluding hydrogens is 214 g/mol. The molecule has 2 N–H and O–H groups in total. The number of piperidine rings is 1. The van der Waals surface area contributed by atoms with E-state index in [1.807, 2.05) is 0 Å². The molecule has 0 saturated carbocycles. The number of rotatable bonds is 1. The number of carbonyl (C=O) groups is 1. The first-order valence-corrected chi connectivity index (χ1v) is 5.11. The zero-order chi connectivity index (χ0) is 11.7. The van der Waals surface area contributed by atoms with Gasteiger partial charge in [-0.25, -0.2) is 8.78 Å². The van der Waals surface area contributed by atoms with Gasteiger partial charge in [0.25, 0.3) is 0 Å². The molecule has 16 heavy (non-hydrogen) atoms. The van der Waals surface area contributed by atoms with E-state index in [0.717, 1.165) is 18.2 Å². The zero-order valence-corrected chi connectivity index (χ0v) is 8.62. The van der Waals surface area contributed by atoms with Gasteiger partial charge < -0.3 is 10.6 Å². The van der Waals surface area contributed by atoms with Crippen LogP contribution in [0.3, 0.4) is 0 Å². The van der Waals surface area contributed by atoms with Gasteiger partial charge in [-0.05, 0) is 25.0 Å². The second-order valence-electron chi connectivity index (χ2n) is 3.83. The van der Waals surface area contributed by atoms with Gasteiger partial charge in [0, 0.05) is 12.6 Å². The van der Waals surface area contributed by atoms with Crippen molar-refractivity contribution >= 4 is 11.6 Å². The number of hydrogen-bond acceptors (Lipinski definition) is 2. The van der Waals surface area contributed by atoms with E-state index in [0.29, 0.717) is 19.4 Å². The maximum atomic E-state index is 13.5. The number of nitrogens with two attached hydrogens (primary N) is 1. The maximum absolute atomic E-state index is 13.5. The predicted octanol–water partition coefficient (Wildman–Crippen LogP) is 1.42. The molecule has 1 aliphatic rings. The van der Waals surface area contributed by atoms with Crippen molar-refractivity contribution in [2.24, 2.45) is 5.73 Å². The highest BCUT2D eigenvalue weighted by atomic mass is 19.1. The van der Waals surface area contributed by atoms with Crippen LogP contribution in [0.15, 0.2) is 18.2 Å². The van der Waals surface area contributed by atoms with Crippen molar-refractivity contribution in [3.63, 3.8) is 0 Å². The Balaban J connectivity index is 2.35. The molecule has 1 aromatic carbocycles. The standard InChI is InChI=1S/C11H12F2N2O/c12-7-3-4-8(13)10(6-7)15-5-1-2-9(14)11(15)16/h3-4,6,9H,1-2,5,14H2. The summed E-state index contributed by atoms with van der Waals surface area (Å²) in [5.41, 5.74) is 5.56. The van der Waals surface area contributed by atoms with E-state index in [1.54, 1.807) is 0 Å². The van der Waals surface area contributed by atoms with E-state index in [9.17, 15) is 13.6 Å². The molecule has 0 bridgehead atoms. The molecule has 1 aliphatic heterocycles. The highest BCUT2D eigenvalue weighted by molar-refractivity contribution is 5.97. The predicted molar refractivity (Wildman–Crippen MR) is 55.9 cm³/mol. The molecule has 1 fully saturated rings. The van der Waals surface area contributed by atoms with Crippen LogP contribution >= 0.6 is 0 Å². The van der Waals surface area contributed by atoms with E-state index in [1.165, 1.54) is 4.90 Å². The summed E-state index contributed by atoms with van der Waals surface area (Å²) in [5.74, 6) is -1.53. The van der Waals surface area contributed by atoms with Crippen molar-refractivity contribution in [3.05, 3.63) is 29.8 Å². The lowest BCUT2D eigenvalue weighted by molar-refractivity contribution is -0.120. The molecular formula is C11H12F2N2O. The summed E-state index contributed by atoms with van der Waals surface area (Å²) in [6, 6.07) is 2.44. The van der Waals surface area contributed by atoms with E-state index in [4.69, 9.17) is 5.73 Å². The average Bonchev–Trinajstić information content (AvgIpc) is 2.26. The van der Waals surface area contributed by atoms with Crippen LogP contribution in [0.4, 0.5) is 14.5 Å². The van der Waals surface area contributed by atoms with Gasteiger partial charge in [-0.1, -0.05) is 0 Å². The smallest absolute Gasteiger partial charge is 0.243 e. The van der Waals surface area contributed by atoms with Gasteiger partial charge in [-0.15, -0.1) is 0 Å². The largest absolute Gasteiger partial charge is 0.320 e. The van der Waals surface area contributed by atoms with E-state index in [2.05, 4.69) is 0 Å². The Labute approximate surface area is 91.8 Å². The number of amides is 1. The number of anilines is 1. The first-order chi connectivity index (χ1) is 7.59. The van der Waals surface area contributed by atoms with Crippen LogP contribution in [-0.4, -0.2) is 18.5 Å². The van der Waals surface area contributed by atoms with Gasteiger partial charge in [0.05, 0.1) is 11.7 Å². The molecule has 3 nitrogen and oxygen atoms in total. The van der Waals surface area contributed by atoms with Crippen LogP contribution in [0, 0.1) is 11.6 Å². The number of hydrogen-bond donors (Lipinski definition) is 1. The van der Waals surface area contributed by atoms with Crippen molar-refractivity contribution in [1.29, 1.82) is 0 Å². The molecule has 1 amide bonds. The molecule has 1 aromatic rings. The normalized spacial score (nSPS) is 21.3. The zero-order valence-electron chi connectivity index (χ0n) is 8.62. The van der Waals surface area contributed by atoms with Gasteiger partial charge in [-0.2, -0.15) is 0 Å². The number of nitrogens with zero attached hydrogens (tertiary/aromatic N) is 1. The first-order valence-electron chi connectivity index (χ1n) is 5.11. The lowest BCUT2D eigenvalue weighted by Gasteiger charge is -2.30. The van der Waals surface area contributed by atoms with E-state index < -0.39 is 17.7 Å². The van der Waals surface area contributed by atoms with Crippen molar-refractivity contribution in [2.75, 3.05) is 11.4 Å². The maximum Gasteiger partial charge on any atom is 0.243 e. The Kier molecular flexibility index (Phi) is 2.87. The van der Waals surface area contributed by atoms with Crippen molar-refractivity contribution in [2.45, 2.75) is 18.9 Å². The molecule has 5 heteroatoms. The Morgan fingerprint density at radius 1 is 1.38 bits per heavy atom. The summed E-state index contributed by atoms with van der Waals surface area (Å²) in [5, 5.41) is 0. The van der Waals surface area contributed by atoms with Crippen LogP contribution in [0.1, 0.15) is 12.8 Å². The molecule has 1 unspecified atom stereocenters. The van der Waals surface area contributed by atoms with Gasteiger partial charge in [0.15, 0.2) is 0 Å². The number of halogens is 2. The summed E-state index contributed by atoms with van der Waals surface area (Å²) < 4.78 is 26.4. The van der Waals surface area contributed by atoms with Gasteiger partial charge in [0.1, 0.15) is 11.6 Å². The van der Waals surface area contributed by atoms with Crippen LogP contribution in [0.5, 0.6) is 0 Å². The Morgan fingerprint density at radius 3 is 2.88 bits per heavy atom. The Bertz CT molecular complexity index is 422. The summed E-state index contributed by atoms with van der Waals surface area (Å²) in [4.78, 5) is 12.9. The molecule has 0 radical (unpaired) electrons. The van der Waals surface area contributed by atoms with Crippen LogP contribution < -0.4 is 10.6 Å². The van der Waals surface area contributed by atoms with Gasteiger partial charge in [0.2, 0.25) is 5.91 Å². The minimum absolute atomic E-state index is 0.0276. The van der Waals surface area contributed by atoms with E-state index in [-0.39, 0.29) is 11.6 Å². The number of benzene rings is 1. The molecule has 0 spiro atoms. The van der Waals surface area contributed by atoms with Crippen molar-refractivity contribution in [3.8, 4) is 0 Å². The van der Waals surface area contributed by atoms with Gasteiger partial charge in [-0.3, -0.25) is 4.79 Å². The number of carbonyl (C=O) groups excluding carboxylic acids is 1. The second kappa shape index (κ2) is 4.17. The van der Waals surface area contributed by atoms with Crippen LogP contribution in [0.25, 0.3) is 0 Å². The molecule has 0 aliphatic carbocycles. The lowest BCUT2D eigenvalue weighted by atomic mass is 10.0. The lowest BCUT2D eigenvalue weighted by Crippen LogP contribution is -2.48. The van der Waals surface area contributed by atoms with Crippen molar-refractivity contribution < 1.29 is 13.6 Å². The molecule has 1 heterocycles. The summed E-state index contributed by atoms with van der Waals surface area (Å²) in [7, 11) is 0. The monoisotopic (exact) mass is 226 g/mol. The summed E-state index contributed by atoms with van der Waals surface area (Å²) in [6.45, 7) is 0.382.